The Hall–Kier alpha value is -5.60. The highest BCUT2D eigenvalue weighted by atomic mass is 32.2. The highest BCUT2D eigenvalue weighted by Gasteiger charge is 2.35. The number of nitrogens with zero attached hydrogens (tertiary/aromatic N) is 5. The molecule has 12 nitrogen and oxygen atoms in total. The number of fused-ring (bicyclic) bond motifs is 1. The fourth-order valence-corrected chi connectivity index (χ4v) is 7.57. The number of benzene rings is 3. The lowest BCUT2D eigenvalue weighted by Crippen LogP contribution is -2.40. The van der Waals surface area contributed by atoms with E-state index in [1.54, 1.807) is 43.3 Å². The highest BCUT2D eigenvalue weighted by molar-refractivity contribution is 7.99. The van der Waals surface area contributed by atoms with E-state index in [1.807, 2.05) is 50.2 Å². The molecule has 3 heterocycles. The topological polar surface area (TPSA) is 148 Å². The Bertz CT molecular complexity index is 2330. The van der Waals surface area contributed by atoms with Crippen molar-refractivity contribution in [1.82, 2.24) is 14.5 Å². The number of rotatable bonds is 10. The third kappa shape index (κ3) is 6.80. The molecule has 0 aliphatic carbocycles. The summed E-state index contributed by atoms with van der Waals surface area (Å²) in [6.07, 6.45) is 1.58. The van der Waals surface area contributed by atoms with Crippen LogP contribution in [0.5, 0.6) is 11.5 Å². The van der Waals surface area contributed by atoms with Gasteiger partial charge in [0.15, 0.2) is 21.5 Å². The third-order valence-electron chi connectivity index (χ3n) is 7.74. The van der Waals surface area contributed by atoms with Gasteiger partial charge in [0.25, 0.3) is 11.2 Å². The van der Waals surface area contributed by atoms with Gasteiger partial charge in [-0.05, 0) is 74.0 Å². The van der Waals surface area contributed by atoms with Gasteiger partial charge in [0.2, 0.25) is 0 Å². The van der Waals surface area contributed by atoms with Crippen molar-refractivity contribution in [3.8, 4) is 11.5 Å². The molecule has 3 aromatic carbocycles. The Balaban J connectivity index is 1.55. The molecule has 50 heavy (non-hydrogen) atoms. The van der Waals surface area contributed by atoms with Gasteiger partial charge in [-0.25, -0.2) is 19.8 Å². The first-order valence-electron chi connectivity index (χ1n) is 15.4. The summed E-state index contributed by atoms with van der Waals surface area (Å²) in [7, 11) is 3.02. The molecule has 0 amide bonds. The zero-order valence-corrected chi connectivity index (χ0v) is 29.3. The van der Waals surface area contributed by atoms with Crippen molar-refractivity contribution < 1.29 is 23.9 Å². The molecule has 0 N–H and O–H groups in total. The summed E-state index contributed by atoms with van der Waals surface area (Å²) in [5, 5.41) is 12.6. The second kappa shape index (κ2) is 14.5. The minimum atomic E-state index is -0.951. The van der Waals surface area contributed by atoms with Crippen molar-refractivity contribution in [3.63, 3.8) is 0 Å². The van der Waals surface area contributed by atoms with E-state index in [4.69, 9.17) is 19.2 Å². The maximum Gasteiger partial charge on any atom is 0.338 e. The fourth-order valence-electron chi connectivity index (χ4n) is 5.62. The smallest absolute Gasteiger partial charge is 0.338 e. The molecule has 1 aliphatic rings. The number of aromatic nitrogens is 3. The predicted octanol–water partition coefficient (Wildman–Crippen LogP) is 5.42. The van der Waals surface area contributed by atoms with Crippen LogP contribution in [0.3, 0.4) is 0 Å². The van der Waals surface area contributed by atoms with Crippen molar-refractivity contribution in [2.75, 3.05) is 20.8 Å². The van der Waals surface area contributed by atoms with E-state index in [2.05, 4.69) is 9.97 Å². The summed E-state index contributed by atoms with van der Waals surface area (Å²) >= 11 is 2.21. The van der Waals surface area contributed by atoms with E-state index in [0.29, 0.717) is 48.7 Å². The van der Waals surface area contributed by atoms with Gasteiger partial charge in [0.05, 0.1) is 52.5 Å². The van der Waals surface area contributed by atoms with Crippen molar-refractivity contribution in [1.29, 1.82) is 0 Å². The summed E-state index contributed by atoms with van der Waals surface area (Å²) in [5.41, 5.74) is 3.11. The second-order valence-corrected chi connectivity index (χ2v) is 13.1. The lowest BCUT2D eigenvalue weighted by atomic mass is 9.93. The maximum absolute atomic E-state index is 14.3. The molecule has 5 aromatic rings. The fraction of sp³-hybridized carbons (Fsp3) is 0.194. The highest BCUT2D eigenvalue weighted by Crippen LogP contribution is 2.39. The van der Waals surface area contributed by atoms with Gasteiger partial charge in [0.1, 0.15) is 0 Å². The number of thiazole rings is 1. The number of hydrogen-bond donors (Lipinski definition) is 0. The van der Waals surface area contributed by atoms with E-state index in [0.717, 1.165) is 34.5 Å². The van der Waals surface area contributed by atoms with Crippen molar-refractivity contribution in [3.05, 3.63) is 136 Å². The summed E-state index contributed by atoms with van der Waals surface area (Å²) in [5.74, 6) is 0.256. The van der Waals surface area contributed by atoms with Crippen LogP contribution in [0.15, 0.2) is 98.2 Å². The van der Waals surface area contributed by atoms with Gasteiger partial charge >= 0.3 is 5.97 Å². The van der Waals surface area contributed by atoms with Crippen LogP contribution in [0.4, 0.5) is 5.69 Å². The van der Waals surface area contributed by atoms with E-state index in [9.17, 15) is 19.7 Å². The zero-order chi connectivity index (χ0) is 35.5. The van der Waals surface area contributed by atoms with Crippen LogP contribution >= 0.6 is 23.1 Å². The van der Waals surface area contributed by atoms with Crippen LogP contribution < -0.4 is 24.4 Å². The molecule has 0 spiro atoms. The normalized spacial score (nSPS) is 14.2. The minimum absolute atomic E-state index is 0.107. The quantitative estimate of drug-likeness (QED) is 0.0797. The average molecular weight is 710 g/mol. The van der Waals surface area contributed by atoms with Crippen LogP contribution in [0.25, 0.3) is 11.8 Å². The Morgan fingerprint density at radius 2 is 1.72 bits per heavy atom. The molecule has 0 radical (unpaired) electrons. The number of nitro benzene ring substituents is 1. The summed E-state index contributed by atoms with van der Waals surface area (Å²) in [4.78, 5) is 54.2. The van der Waals surface area contributed by atoms with Gasteiger partial charge in [0, 0.05) is 23.0 Å². The van der Waals surface area contributed by atoms with Crippen molar-refractivity contribution in [2.45, 2.75) is 36.9 Å². The van der Waals surface area contributed by atoms with Gasteiger partial charge in [-0.15, -0.1) is 0 Å². The largest absolute Gasteiger partial charge is 0.493 e. The van der Waals surface area contributed by atoms with Gasteiger partial charge in [-0.2, -0.15) is 0 Å². The van der Waals surface area contributed by atoms with Gasteiger partial charge in [-0.3, -0.25) is 19.5 Å². The summed E-state index contributed by atoms with van der Waals surface area (Å²) in [6, 6.07) is 20.0. The molecule has 0 bridgehead atoms. The summed E-state index contributed by atoms with van der Waals surface area (Å²) < 4.78 is 18.3. The molecule has 14 heteroatoms. The molecule has 6 rings (SSSR count). The van der Waals surface area contributed by atoms with Crippen LogP contribution in [0, 0.1) is 24.0 Å². The Labute approximate surface area is 294 Å². The molecule has 1 aliphatic heterocycles. The Morgan fingerprint density at radius 3 is 2.38 bits per heavy atom. The minimum Gasteiger partial charge on any atom is -0.493 e. The summed E-state index contributed by atoms with van der Waals surface area (Å²) in [6.45, 7) is 5.48. The number of ether oxygens (including phenoxy) is 3. The molecule has 2 aromatic heterocycles. The SMILES string of the molecule is CCOC(=O)C1=C(c2ccccc2)N=c2s/c(=C/c3ccc(Sc4nc(C)cc(C)n4)c([N+](=O)[O-])c3)c(=O)n2[C@@H]1c1ccc(OC)c(OC)c1. The lowest BCUT2D eigenvalue weighted by Gasteiger charge is -2.26. The number of carbonyl (C=O) groups excluding carboxylic acids is 1. The van der Waals surface area contributed by atoms with Gasteiger partial charge in [-0.1, -0.05) is 53.8 Å². The molecular formula is C36H31N5O7S2. The number of hydrogen-bond acceptors (Lipinski definition) is 12. The van der Waals surface area contributed by atoms with Crippen LogP contribution in [-0.2, 0) is 9.53 Å². The molecule has 254 valence electrons. The molecule has 0 saturated carbocycles. The molecule has 0 saturated heterocycles. The predicted molar refractivity (Wildman–Crippen MR) is 189 cm³/mol. The lowest BCUT2D eigenvalue weighted by molar-refractivity contribution is -0.387. The van der Waals surface area contributed by atoms with E-state index in [1.165, 1.54) is 24.9 Å². The first-order chi connectivity index (χ1) is 24.1. The van der Waals surface area contributed by atoms with Crippen LogP contribution in [-0.4, -0.2) is 46.3 Å². The standard InChI is InChI=1S/C36H31N5O7S2/c1-6-48-34(43)30-31(23-10-8-7-9-11-23)39-36-40(32(30)24-13-14-26(46-4)27(19-24)47-5)33(42)29(50-36)18-22-12-15-28(25(17-22)41(44)45)49-35-37-20(2)16-21(3)38-35/h7-19,32H,6H2,1-5H3/b29-18+/t32-/m1/s1. The number of methoxy groups -OCH3 is 2. The molecular weight excluding hydrogens is 679 g/mol. The first kappa shape index (κ1) is 34.3. The van der Waals surface area contributed by atoms with Crippen molar-refractivity contribution >= 4 is 46.5 Å². The zero-order valence-electron chi connectivity index (χ0n) is 27.7. The number of esters is 1. The number of nitro groups is 1. The Kier molecular flexibility index (Phi) is 9.93. The first-order valence-corrected chi connectivity index (χ1v) is 17.0. The van der Waals surface area contributed by atoms with E-state index >= 15 is 0 Å². The van der Waals surface area contributed by atoms with E-state index in [-0.39, 0.29) is 22.4 Å². The third-order valence-corrected chi connectivity index (χ3v) is 9.65. The Morgan fingerprint density at radius 1 is 1.00 bits per heavy atom. The molecule has 1 atom stereocenters. The maximum atomic E-state index is 14.3. The van der Waals surface area contributed by atoms with Crippen molar-refractivity contribution in [2.24, 2.45) is 4.99 Å². The van der Waals surface area contributed by atoms with Gasteiger partial charge < -0.3 is 14.2 Å². The molecule has 0 unspecified atom stereocenters. The van der Waals surface area contributed by atoms with Crippen LogP contribution in [0.2, 0.25) is 0 Å². The second-order valence-electron chi connectivity index (χ2n) is 11.1. The monoisotopic (exact) mass is 709 g/mol. The number of aryl methyl sites for hydroxylation is 2. The van der Waals surface area contributed by atoms with Crippen LogP contribution in [0.1, 0.15) is 41.0 Å². The molecule has 0 fully saturated rings. The number of carbonyl (C=O) groups is 1. The average Bonchev–Trinajstić information content (AvgIpc) is 3.41. The van der Waals surface area contributed by atoms with E-state index < -0.39 is 22.5 Å².